The Hall–Kier alpha value is -0.660. The molecule has 2 aliphatic rings. The summed E-state index contributed by atoms with van der Waals surface area (Å²) >= 11 is 0. The average Bonchev–Trinajstić information content (AvgIpc) is 2.46. The number of rotatable bonds is 5. The fourth-order valence-corrected chi connectivity index (χ4v) is 3.49. The summed E-state index contributed by atoms with van der Waals surface area (Å²) in [6.07, 6.45) is 4.78. The van der Waals surface area contributed by atoms with E-state index in [1.54, 1.807) is 0 Å². The van der Waals surface area contributed by atoms with Crippen LogP contribution in [0.4, 0.5) is 0 Å². The third kappa shape index (κ3) is 5.92. The van der Waals surface area contributed by atoms with Crippen LogP contribution in [0.3, 0.4) is 0 Å². The second kappa shape index (κ2) is 7.56. The van der Waals surface area contributed by atoms with Crippen LogP contribution in [0, 0.1) is 0 Å². The zero-order valence-electron chi connectivity index (χ0n) is 13.0. The van der Waals surface area contributed by atoms with Gasteiger partial charge in [-0.2, -0.15) is 0 Å². The highest BCUT2D eigenvalue weighted by Gasteiger charge is 2.22. The summed E-state index contributed by atoms with van der Waals surface area (Å²) in [5.41, 5.74) is 0. The standard InChI is InChI=1S/C14H27N3O3S/c1-21(19,20)12-11-15-7-9-16(10-8-15)13-14(18)17-5-3-2-4-6-17/h2-13H2,1H3. The van der Waals surface area contributed by atoms with Crippen molar-refractivity contribution in [1.82, 2.24) is 14.7 Å². The summed E-state index contributed by atoms with van der Waals surface area (Å²) in [5.74, 6) is 0.471. The third-order valence-electron chi connectivity index (χ3n) is 4.31. The van der Waals surface area contributed by atoms with Gasteiger partial charge >= 0.3 is 0 Å². The van der Waals surface area contributed by atoms with Crippen molar-refractivity contribution in [3.63, 3.8) is 0 Å². The minimum absolute atomic E-state index is 0.222. The Morgan fingerprint density at radius 3 is 2.05 bits per heavy atom. The molecule has 0 aromatic carbocycles. The van der Waals surface area contributed by atoms with Crippen LogP contribution in [0.2, 0.25) is 0 Å². The molecule has 0 aliphatic carbocycles. The van der Waals surface area contributed by atoms with Crippen LogP contribution < -0.4 is 0 Å². The lowest BCUT2D eigenvalue weighted by Crippen LogP contribution is -2.51. The summed E-state index contributed by atoms with van der Waals surface area (Å²) in [5, 5.41) is 0. The highest BCUT2D eigenvalue weighted by molar-refractivity contribution is 7.90. The largest absolute Gasteiger partial charge is 0.342 e. The number of sulfone groups is 1. The first-order chi connectivity index (χ1) is 9.94. The first-order valence-corrected chi connectivity index (χ1v) is 9.90. The van der Waals surface area contributed by atoms with Crippen LogP contribution in [0.5, 0.6) is 0 Å². The Labute approximate surface area is 128 Å². The van der Waals surface area contributed by atoms with Gasteiger partial charge in [-0.1, -0.05) is 0 Å². The van der Waals surface area contributed by atoms with Crippen molar-refractivity contribution in [3.05, 3.63) is 0 Å². The first kappa shape index (κ1) is 16.7. The van der Waals surface area contributed by atoms with Gasteiger partial charge in [0.25, 0.3) is 0 Å². The minimum atomic E-state index is -2.89. The normalized spacial score (nSPS) is 22.4. The van der Waals surface area contributed by atoms with Gasteiger partial charge in [0.1, 0.15) is 9.84 Å². The van der Waals surface area contributed by atoms with Crippen molar-refractivity contribution in [1.29, 1.82) is 0 Å². The fourth-order valence-electron chi connectivity index (χ4n) is 2.90. The molecule has 7 heteroatoms. The lowest BCUT2D eigenvalue weighted by Gasteiger charge is -2.35. The molecule has 0 aromatic heterocycles. The maximum Gasteiger partial charge on any atom is 0.236 e. The Morgan fingerprint density at radius 1 is 0.905 bits per heavy atom. The summed E-state index contributed by atoms with van der Waals surface area (Å²) in [6.45, 7) is 6.34. The van der Waals surface area contributed by atoms with Gasteiger partial charge in [0.15, 0.2) is 0 Å². The molecular weight excluding hydrogens is 290 g/mol. The fraction of sp³-hybridized carbons (Fsp3) is 0.929. The number of piperazine rings is 1. The van der Waals surface area contributed by atoms with Gasteiger partial charge < -0.3 is 4.90 Å². The molecule has 6 nitrogen and oxygen atoms in total. The predicted molar refractivity (Wildman–Crippen MR) is 83.0 cm³/mol. The second-order valence-corrected chi connectivity index (χ2v) is 8.45. The number of carbonyl (C=O) groups is 1. The van der Waals surface area contributed by atoms with E-state index < -0.39 is 9.84 Å². The number of hydrogen-bond acceptors (Lipinski definition) is 5. The third-order valence-corrected chi connectivity index (χ3v) is 5.24. The summed E-state index contributed by atoms with van der Waals surface area (Å²) in [6, 6.07) is 0. The maximum absolute atomic E-state index is 12.2. The zero-order valence-corrected chi connectivity index (χ0v) is 13.8. The van der Waals surface area contributed by atoms with Crippen LogP contribution in [-0.4, -0.2) is 93.4 Å². The van der Waals surface area contributed by atoms with Gasteiger partial charge in [0.05, 0.1) is 12.3 Å². The Kier molecular flexibility index (Phi) is 6.01. The molecule has 0 aromatic rings. The molecule has 2 heterocycles. The molecule has 0 bridgehead atoms. The van der Waals surface area contributed by atoms with E-state index in [9.17, 15) is 13.2 Å². The van der Waals surface area contributed by atoms with E-state index in [1.807, 2.05) is 4.90 Å². The van der Waals surface area contributed by atoms with Crippen molar-refractivity contribution in [2.45, 2.75) is 19.3 Å². The van der Waals surface area contributed by atoms with Gasteiger partial charge in [-0.15, -0.1) is 0 Å². The molecule has 122 valence electrons. The van der Waals surface area contributed by atoms with Gasteiger partial charge in [0.2, 0.25) is 5.91 Å². The molecule has 0 unspecified atom stereocenters. The molecule has 0 radical (unpaired) electrons. The van der Waals surface area contributed by atoms with Gasteiger partial charge in [0, 0.05) is 52.1 Å². The molecule has 21 heavy (non-hydrogen) atoms. The molecule has 0 N–H and O–H groups in total. The van der Waals surface area contributed by atoms with Gasteiger partial charge in [-0.05, 0) is 19.3 Å². The molecule has 2 aliphatic heterocycles. The van der Waals surface area contributed by atoms with Crippen LogP contribution in [0.1, 0.15) is 19.3 Å². The summed E-state index contributed by atoms with van der Waals surface area (Å²) in [4.78, 5) is 18.5. The van der Waals surface area contributed by atoms with Crippen LogP contribution >= 0.6 is 0 Å². The van der Waals surface area contributed by atoms with Crippen molar-refractivity contribution in [2.24, 2.45) is 0 Å². The molecule has 2 fully saturated rings. The highest BCUT2D eigenvalue weighted by atomic mass is 32.2. The molecule has 1 amide bonds. The number of carbonyl (C=O) groups excluding carboxylic acids is 1. The summed E-state index contributed by atoms with van der Waals surface area (Å²) in [7, 11) is -2.89. The van der Waals surface area contributed by atoms with E-state index in [1.165, 1.54) is 12.7 Å². The van der Waals surface area contributed by atoms with E-state index in [4.69, 9.17) is 0 Å². The monoisotopic (exact) mass is 317 g/mol. The second-order valence-electron chi connectivity index (χ2n) is 6.19. The predicted octanol–water partition coefficient (Wildman–Crippen LogP) is -0.339. The van der Waals surface area contributed by atoms with Crippen molar-refractivity contribution >= 4 is 15.7 Å². The molecule has 0 spiro atoms. The molecule has 0 saturated carbocycles. The summed E-state index contributed by atoms with van der Waals surface area (Å²) < 4.78 is 22.3. The lowest BCUT2D eigenvalue weighted by molar-refractivity contribution is -0.133. The number of amides is 1. The van der Waals surface area contributed by atoms with Crippen LogP contribution in [0.15, 0.2) is 0 Å². The van der Waals surface area contributed by atoms with Crippen molar-refractivity contribution in [2.75, 3.05) is 64.4 Å². The van der Waals surface area contributed by atoms with E-state index in [2.05, 4.69) is 9.80 Å². The Bertz CT molecular complexity index is 438. The smallest absolute Gasteiger partial charge is 0.236 e. The number of hydrogen-bond donors (Lipinski definition) is 0. The zero-order chi connectivity index (χ0) is 15.3. The SMILES string of the molecule is CS(=O)(=O)CCN1CCN(CC(=O)N2CCCCC2)CC1. The minimum Gasteiger partial charge on any atom is -0.342 e. The lowest BCUT2D eigenvalue weighted by atomic mass is 10.1. The first-order valence-electron chi connectivity index (χ1n) is 7.84. The van der Waals surface area contributed by atoms with E-state index in [-0.39, 0.29) is 11.7 Å². The molecule has 2 rings (SSSR count). The Balaban J connectivity index is 1.67. The van der Waals surface area contributed by atoms with E-state index in [0.29, 0.717) is 13.1 Å². The topological polar surface area (TPSA) is 60.9 Å². The van der Waals surface area contributed by atoms with Crippen LogP contribution in [-0.2, 0) is 14.6 Å². The van der Waals surface area contributed by atoms with Crippen LogP contribution in [0.25, 0.3) is 0 Å². The number of likely N-dealkylation sites (tertiary alicyclic amines) is 1. The molecular formula is C14H27N3O3S. The number of nitrogens with zero attached hydrogens (tertiary/aromatic N) is 3. The average molecular weight is 317 g/mol. The van der Waals surface area contributed by atoms with E-state index >= 15 is 0 Å². The van der Waals surface area contributed by atoms with Crippen molar-refractivity contribution in [3.8, 4) is 0 Å². The van der Waals surface area contributed by atoms with Gasteiger partial charge in [-0.25, -0.2) is 8.42 Å². The molecule has 0 atom stereocenters. The quantitative estimate of drug-likeness (QED) is 0.694. The highest BCUT2D eigenvalue weighted by Crippen LogP contribution is 2.10. The number of piperidine rings is 1. The maximum atomic E-state index is 12.2. The Morgan fingerprint density at radius 2 is 1.48 bits per heavy atom. The van der Waals surface area contributed by atoms with Crippen molar-refractivity contribution < 1.29 is 13.2 Å². The van der Waals surface area contributed by atoms with E-state index in [0.717, 1.165) is 52.1 Å². The molecule has 2 saturated heterocycles. The van der Waals surface area contributed by atoms with Gasteiger partial charge in [-0.3, -0.25) is 14.6 Å².